The Hall–Kier alpha value is -3.80. The SMILES string of the molecule is COc1ccc(OC)c(NC(=O)c2ccccc2NC(=O)c2ccccc2)c1. The van der Waals surface area contributed by atoms with Crippen LogP contribution in [0.4, 0.5) is 11.4 Å². The van der Waals surface area contributed by atoms with Crippen LogP contribution < -0.4 is 20.1 Å². The largest absolute Gasteiger partial charge is 0.497 e. The minimum absolute atomic E-state index is 0.292. The molecule has 0 fully saturated rings. The van der Waals surface area contributed by atoms with Crippen LogP contribution in [0.25, 0.3) is 0 Å². The zero-order valence-corrected chi connectivity index (χ0v) is 15.6. The lowest BCUT2D eigenvalue weighted by Gasteiger charge is -2.14. The minimum Gasteiger partial charge on any atom is -0.497 e. The van der Waals surface area contributed by atoms with Crippen LogP contribution in [0.15, 0.2) is 72.8 Å². The van der Waals surface area contributed by atoms with Crippen molar-refractivity contribution in [2.24, 2.45) is 0 Å². The molecule has 3 rings (SSSR count). The third-order valence-corrected chi connectivity index (χ3v) is 4.11. The Morgan fingerprint density at radius 1 is 0.714 bits per heavy atom. The summed E-state index contributed by atoms with van der Waals surface area (Å²) in [5.74, 6) is 0.414. The molecule has 6 nitrogen and oxygen atoms in total. The monoisotopic (exact) mass is 376 g/mol. The number of amides is 2. The average Bonchev–Trinajstić information content (AvgIpc) is 2.74. The van der Waals surface area contributed by atoms with Crippen LogP contribution in [0.2, 0.25) is 0 Å². The van der Waals surface area contributed by atoms with Crippen molar-refractivity contribution < 1.29 is 19.1 Å². The fraction of sp³-hybridized carbons (Fsp3) is 0.0909. The molecule has 0 atom stereocenters. The highest BCUT2D eigenvalue weighted by molar-refractivity contribution is 6.12. The summed E-state index contributed by atoms with van der Waals surface area (Å²) >= 11 is 0. The number of carbonyl (C=O) groups is 2. The van der Waals surface area contributed by atoms with Gasteiger partial charge < -0.3 is 20.1 Å². The van der Waals surface area contributed by atoms with Crippen molar-refractivity contribution in [2.45, 2.75) is 0 Å². The van der Waals surface area contributed by atoms with Crippen LogP contribution in [0.3, 0.4) is 0 Å². The van der Waals surface area contributed by atoms with Gasteiger partial charge in [-0.3, -0.25) is 9.59 Å². The van der Waals surface area contributed by atoms with Crippen molar-refractivity contribution in [3.05, 3.63) is 83.9 Å². The lowest BCUT2D eigenvalue weighted by atomic mass is 10.1. The van der Waals surface area contributed by atoms with Gasteiger partial charge in [0.05, 0.1) is 31.2 Å². The molecule has 0 aliphatic rings. The number of ether oxygens (including phenoxy) is 2. The van der Waals surface area contributed by atoms with Gasteiger partial charge in [-0.1, -0.05) is 30.3 Å². The first-order valence-electron chi connectivity index (χ1n) is 8.61. The maximum Gasteiger partial charge on any atom is 0.257 e. The number of anilines is 2. The zero-order chi connectivity index (χ0) is 19.9. The smallest absolute Gasteiger partial charge is 0.257 e. The highest BCUT2D eigenvalue weighted by Crippen LogP contribution is 2.30. The molecule has 0 saturated heterocycles. The molecule has 28 heavy (non-hydrogen) atoms. The van der Waals surface area contributed by atoms with E-state index in [0.29, 0.717) is 34.0 Å². The zero-order valence-electron chi connectivity index (χ0n) is 15.6. The van der Waals surface area contributed by atoms with Gasteiger partial charge in [-0.25, -0.2) is 0 Å². The lowest BCUT2D eigenvalue weighted by molar-refractivity contribution is 0.102. The summed E-state index contributed by atoms with van der Waals surface area (Å²) in [4.78, 5) is 25.3. The summed E-state index contributed by atoms with van der Waals surface area (Å²) in [5.41, 5.74) is 1.72. The van der Waals surface area contributed by atoms with E-state index < -0.39 is 0 Å². The number of hydrogen-bond acceptors (Lipinski definition) is 4. The number of methoxy groups -OCH3 is 2. The van der Waals surface area contributed by atoms with E-state index in [1.807, 2.05) is 6.07 Å². The Morgan fingerprint density at radius 3 is 2.11 bits per heavy atom. The number of rotatable bonds is 6. The van der Waals surface area contributed by atoms with Crippen molar-refractivity contribution in [3.8, 4) is 11.5 Å². The summed E-state index contributed by atoms with van der Waals surface area (Å²) in [7, 11) is 3.06. The van der Waals surface area contributed by atoms with Gasteiger partial charge in [-0.15, -0.1) is 0 Å². The molecule has 0 radical (unpaired) electrons. The molecule has 3 aromatic carbocycles. The molecule has 0 aliphatic heterocycles. The summed E-state index contributed by atoms with van der Waals surface area (Å²) in [6, 6.07) is 20.7. The van der Waals surface area contributed by atoms with Gasteiger partial charge in [0.1, 0.15) is 11.5 Å². The van der Waals surface area contributed by atoms with E-state index in [2.05, 4.69) is 10.6 Å². The first kappa shape index (κ1) is 19.0. The number of nitrogens with one attached hydrogen (secondary N) is 2. The van der Waals surface area contributed by atoms with E-state index in [0.717, 1.165) is 0 Å². The van der Waals surface area contributed by atoms with Gasteiger partial charge in [0.15, 0.2) is 0 Å². The predicted octanol–water partition coefficient (Wildman–Crippen LogP) is 4.21. The topological polar surface area (TPSA) is 76.7 Å². The Bertz CT molecular complexity index is 987. The Balaban J connectivity index is 1.85. The van der Waals surface area contributed by atoms with Crippen LogP contribution in [-0.2, 0) is 0 Å². The minimum atomic E-state index is -0.379. The van der Waals surface area contributed by atoms with Crippen molar-refractivity contribution in [1.82, 2.24) is 0 Å². The van der Waals surface area contributed by atoms with Crippen molar-refractivity contribution in [2.75, 3.05) is 24.9 Å². The van der Waals surface area contributed by atoms with Gasteiger partial charge in [0.25, 0.3) is 11.8 Å². The lowest BCUT2D eigenvalue weighted by Crippen LogP contribution is -2.18. The fourth-order valence-corrected chi connectivity index (χ4v) is 2.68. The maximum atomic E-state index is 12.9. The van der Waals surface area contributed by atoms with Crippen LogP contribution in [0.1, 0.15) is 20.7 Å². The molecule has 2 N–H and O–H groups in total. The van der Waals surface area contributed by atoms with E-state index in [4.69, 9.17) is 9.47 Å². The Morgan fingerprint density at radius 2 is 1.39 bits per heavy atom. The highest BCUT2D eigenvalue weighted by Gasteiger charge is 2.16. The average molecular weight is 376 g/mol. The van der Waals surface area contributed by atoms with Gasteiger partial charge in [-0.2, -0.15) is 0 Å². The normalized spacial score (nSPS) is 10.1. The highest BCUT2D eigenvalue weighted by atomic mass is 16.5. The first-order chi connectivity index (χ1) is 13.6. The second-order valence-electron chi connectivity index (χ2n) is 5.89. The van der Waals surface area contributed by atoms with E-state index >= 15 is 0 Å². The number of hydrogen-bond donors (Lipinski definition) is 2. The molecule has 0 saturated carbocycles. The van der Waals surface area contributed by atoms with Gasteiger partial charge in [0, 0.05) is 11.6 Å². The van der Waals surface area contributed by atoms with Crippen LogP contribution in [0, 0.1) is 0 Å². The van der Waals surface area contributed by atoms with Crippen molar-refractivity contribution in [3.63, 3.8) is 0 Å². The molecule has 0 bridgehead atoms. The van der Waals surface area contributed by atoms with Crippen molar-refractivity contribution in [1.29, 1.82) is 0 Å². The maximum absolute atomic E-state index is 12.9. The molecule has 0 aromatic heterocycles. The van der Waals surface area contributed by atoms with E-state index in [-0.39, 0.29) is 11.8 Å². The molecule has 0 aliphatic carbocycles. The molecular formula is C22H20N2O4. The van der Waals surface area contributed by atoms with E-state index in [1.165, 1.54) is 7.11 Å². The molecular weight excluding hydrogens is 356 g/mol. The Kier molecular flexibility index (Phi) is 5.91. The van der Waals surface area contributed by atoms with Gasteiger partial charge >= 0.3 is 0 Å². The van der Waals surface area contributed by atoms with E-state index in [1.54, 1.807) is 73.8 Å². The molecule has 6 heteroatoms. The Labute approximate surface area is 163 Å². The van der Waals surface area contributed by atoms with Crippen LogP contribution >= 0.6 is 0 Å². The quantitative estimate of drug-likeness (QED) is 0.676. The standard InChI is InChI=1S/C22H20N2O4/c1-27-16-12-13-20(28-2)19(14-16)24-22(26)17-10-6-7-11-18(17)23-21(25)15-8-4-3-5-9-15/h3-14H,1-2H3,(H,23,25)(H,24,26). The predicted molar refractivity (Wildman–Crippen MR) is 108 cm³/mol. The number of para-hydroxylation sites is 1. The molecule has 0 heterocycles. The van der Waals surface area contributed by atoms with Crippen LogP contribution in [0.5, 0.6) is 11.5 Å². The molecule has 0 spiro atoms. The second-order valence-corrected chi connectivity index (χ2v) is 5.89. The van der Waals surface area contributed by atoms with Crippen LogP contribution in [-0.4, -0.2) is 26.0 Å². The summed E-state index contributed by atoms with van der Waals surface area (Å²) in [6.45, 7) is 0. The summed E-state index contributed by atoms with van der Waals surface area (Å²) in [6.07, 6.45) is 0. The fourth-order valence-electron chi connectivity index (χ4n) is 2.68. The summed E-state index contributed by atoms with van der Waals surface area (Å²) < 4.78 is 10.5. The van der Waals surface area contributed by atoms with E-state index in [9.17, 15) is 9.59 Å². The number of carbonyl (C=O) groups excluding carboxylic acids is 2. The molecule has 2 amide bonds. The molecule has 0 unspecified atom stereocenters. The van der Waals surface area contributed by atoms with Crippen molar-refractivity contribution >= 4 is 23.2 Å². The molecule has 142 valence electrons. The summed E-state index contributed by atoms with van der Waals surface area (Å²) in [5, 5.41) is 5.60. The molecule has 3 aromatic rings. The second kappa shape index (κ2) is 8.73. The third kappa shape index (κ3) is 4.29. The van der Waals surface area contributed by atoms with Gasteiger partial charge in [0.2, 0.25) is 0 Å². The van der Waals surface area contributed by atoms with Gasteiger partial charge in [-0.05, 0) is 36.4 Å². The number of benzene rings is 3. The third-order valence-electron chi connectivity index (χ3n) is 4.11. The first-order valence-corrected chi connectivity index (χ1v) is 8.61.